The molecule has 8 nitrogen and oxygen atoms in total. The summed E-state index contributed by atoms with van der Waals surface area (Å²) in [6.45, 7) is 4.66. The highest BCUT2D eigenvalue weighted by Crippen LogP contribution is 2.27. The molecule has 0 radical (unpaired) electrons. The number of rotatable bonds is 7. The largest absolute Gasteiger partial charge is 0.459 e. The first-order valence-electron chi connectivity index (χ1n) is 10.7. The van der Waals surface area contributed by atoms with Gasteiger partial charge in [0.25, 0.3) is 5.91 Å². The van der Waals surface area contributed by atoms with Gasteiger partial charge in [0.2, 0.25) is 5.91 Å². The molecule has 30 heavy (non-hydrogen) atoms. The third kappa shape index (κ3) is 6.61. The molecule has 168 valence electrons. The first kappa shape index (κ1) is 24.5. The van der Waals surface area contributed by atoms with Gasteiger partial charge < -0.3 is 25.3 Å². The fourth-order valence-electron chi connectivity index (χ4n) is 4.08. The van der Waals surface area contributed by atoms with E-state index in [-0.39, 0.29) is 41.8 Å². The maximum Gasteiger partial charge on any atom is 0.287 e. The summed E-state index contributed by atoms with van der Waals surface area (Å²) in [6.07, 6.45) is 7.70. The first-order valence-corrected chi connectivity index (χ1v) is 10.7. The molecule has 3 N–H and O–H groups in total. The van der Waals surface area contributed by atoms with Crippen LogP contribution < -0.4 is 16.0 Å². The fourth-order valence-corrected chi connectivity index (χ4v) is 4.08. The van der Waals surface area contributed by atoms with Crippen molar-refractivity contribution >= 4 is 41.8 Å². The summed E-state index contributed by atoms with van der Waals surface area (Å²) >= 11 is 0. The number of furan rings is 1. The molecule has 1 aliphatic heterocycles. The summed E-state index contributed by atoms with van der Waals surface area (Å²) < 4.78 is 5.19. The minimum absolute atomic E-state index is 0. The first-order chi connectivity index (χ1) is 14.1. The molecule has 2 aliphatic rings. The van der Waals surface area contributed by atoms with E-state index in [9.17, 15) is 9.59 Å². The SMILES string of the molecule is CN=C(NCCCNC(=O)c1occc1C)NC1CCN(C(=O)C2CCCC2)C1.I. The average Bonchev–Trinajstić information content (AvgIpc) is 3.48. The second kappa shape index (κ2) is 12.2. The van der Waals surface area contributed by atoms with Gasteiger partial charge in [-0.2, -0.15) is 0 Å². The molecule has 0 bridgehead atoms. The third-order valence-electron chi connectivity index (χ3n) is 5.77. The number of hydrogen-bond donors (Lipinski definition) is 3. The van der Waals surface area contributed by atoms with Crippen molar-refractivity contribution in [2.75, 3.05) is 33.2 Å². The van der Waals surface area contributed by atoms with Gasteiger partial charge in [0, 0.05) is 50.7 Å². The van der Waals surface area contributed by atoms with E-state index in [2.05, 4.69) is 20.9 Å². The van der Waals surface area contributed by atoms with Gasteiger partial charge in [-0.3, -0.25) is 14.6 Å². The van der Waals surface area contributed by atoms with Crippen LogP contribution in [-0.4, -0.2) is 61.9 Å². The zero-order valence-corrected chi connectivity index (χ0v) is 20.2. The van der Waals surface area contributed by atoms with Crippen LogP contribution >= 0.6 is 24.0 Å². The molecular formula is C21H34IN5O3. The van der Waals surface area contributed by atoms with Crippen molar-refractivity contribution in [3.8, 4) is 0 Å². The van der Waals surface area contributed by atoms with Gasteiger partial charge >= 0.3 is 0 Å². The summed E-state index contributed by atoms with van der Waals surface area (Å²) in [6, 6.07) is 2.01. The van der Waals surface area contributed by atoms with Crippen molar-refractivity contribution in [2.45, 2.75) is 51.5 Å². The lowest BCUT2D eigenvalue weighted by atomic mass is 10.1. The Kier molecular flexibility index (Phi) is 9.93. The number of amides is 2. The summed E-state index contributed by atoms with van der Waals surface area (Å²) in [4.78, 5) is 30.8. The lowest BCUT2D eigenvalue weighted by Gasteiger charge is -2.21. The molecule has 1 aromatic rings. The van der Waals surface area contributed by atoms with Crippen LogP contribution in [0.4, 0.5) is 0 Å². The van der Waals surface area contributed by atoms with Gasteiger partial charge in [-0.1, -0.05) is 12.8 Å². The van der Waals surface area contributed by atoms with E-state index in [1.54, 1.807) is 13.1 Å². The average molecular weight is 531 g/mol. The van der Waals surface area contributed by atoms with E-state index in [4.69, 9.17) is 4.42 Å². The van der Waals surface area contributed by atoms with E-state index in [1.165, 1.54) is 19.1 Å². The van der Waals surface area contributed by atoms with Gasteiger partial charge in [0.1, 0.15) is 0 Å². The Morgan fingerprint density at radius 1 is 1.20 bits per heavy atom. The van der Waals surface area contributed by atoms with Crippen LogP contribution in [0.25, 0.3) is 0 Å². The number of nitrogens with zero attached hydrogens (tertiary/aromatic N) is 2. The Hall–Kier alpha value is -1.78. The van der Waals surface area contributed by atoms with E-state index >= 15 is 0 Å². The second-order valence-electron chi connectivity index (χ2n) is 7.94. The lowest BCUT2D eigenvalue weighted by molar-refractivity contribution is -0.134. The van der Waals surface area contributed by atoms with Gasteiger partial charge in [0.05, 0.1) is 6.26 Å². The molecular weight excluding hydrogens is 497 g/mol. The van der Waals surface area contributed by atoms with Crippen LogP contribution in [0.1, 0.15) is 54.6 Å². The highest BCUT2D eigenvalue weighted by atomic mass is 127. The van der Waals surface area contributed by atoms with E-state index in [0.717, 1.165) is 50.3 Å². The predicted molar refractivity (Wildman–Crippen MR) is 127 cm³/mol. The van der Waals surface area contributed by atoms with Crippen LogP contribution in [0.2, 0.25) is 0 Å². The van der Waals surface area contributed by atoms with Gasteiger partial charge in [0.15, 0.2) is 11.7 Å². The minimum atomic E-state index is -0.187. The molecule has 1 saturated carbocycles. The predicted octanol–water partition coefficient (Wildman–Crippen LogP) is 2.28. The Labute approximate surface area is 195 Å². The molecule has 1 unspecified atom stereocenters. The van der Waals surface area contributed by atoms with Crippen LogP contribution in [0, 0.1) is 12.8 Å². The quantitative estimate of drug-likeness (QED) is 0.217. The number of carbonyl (C=O) groups is 2. The van der Waals surface area contributed by atoms with Crippen LogP contribution in [0.3, 0.4) is 0 Å². The standard InChI is InChI=1S/C21H33N5O3.HI/c1-15-9-13-29-18(15)19(27)23-10-5-11-24-21(22-2)25-17-8-12-26(14-17)20(28)16-6-3-4-7-16;/h9,13,16-17H,3-8,10-12,14H2,1-2H3,(H,23,27)(H2,22,24,25);1H. The van der Waals surface area contributed by atoms with Crippen molar-refractivity contribution in [1.82, 2.24) is 20.9 Å². The smallest absolute Gasteiger partial charge is 0.287 e. The Morgan fingerprint density at radius 2 is 1.93 bits per heavy atom. The summed E-state index contributed by atoms with van der Waals surface area (Å²) in [7, 11) is 1.74. The van der Waals surface area contributed by atoms with Crippen molar-refractivity contribution in [2.24, 2.45) is 10.9 Å². The molecule has 2 heterocycles. The maximum atomic E-state index is 12.6. The van der Waals surface area contributed by atoms with E-state index in [1.807, 2.05) is 11.8 Å². The Balaban J connectivity index is 0.00000320. The van der Waals surface area contributed by atoms with Crippen LogP contribution in [0.15, 0.2) is 21.7 Å². The third-order valence-corrected chi connectivity index (χ3v) is 5.77. The molecule has 3 rings (SSSR count). The highest BCUT2D eigenvalue weighted by molar-refractivity contribution is 14.0. The molecule has 2 amide bonds. The zero-order valence-electron chi connectivity index (χ0n) is 17.9. The normalized spacial score (nSPS) is 19.5. The zero-order chi connectivity index (χ0) is 20.6. The molecule has 1 atom stereocenters. The number of aryl methyl sites for hydroxylation is 1. The lowest BCUT2D eigenvalue weighted by Crippen LogP contribution is -2.46. The van der Waals surface area contributed by atoms with Crippen molar-refractivity contribution in [3.63, 3.8) is 0 Å². The Morgan fingerprint density at radius 3 is 2.60 bits per heavy atom. The monoisotopic (exact) mass is 531 g/mol. The summed E-state index contributed by atoms with van der Waals surface area (Å²) in [5, 5.41) is 9.55. The topological polar surface area (TPSA) is 99.0 Å². The number of guanidine groups is 1. The van der Waals surface area contributed by atoms with Crippen LogP contribution in [0.5, 0.6) is 0 Å². The number of nitrogens with one attached hydrogen (secondary N) is 3. The van der Waals surface area contributed by atoms with Crippen LogP contribution in [-0.2, 0) is 4.79 Å². The molecule has 2 fully saturated rings. The van der Waals surface area contributed by atoms with Gasteiger partial charge in [-0.05, 0) is 38.7 Å². The molecule has 1 aliphatic carbocycles. The molecule has 0 spiro atoms. The second-order valence-corrected chi connectivity index (χ2v) is 7.94. The highest BCUT2D eigenvalue weighted by Gasteiger charge is 2.32. The van der Waals surface area contributed by atoms with Gasteiger partial charge in [-0.15, -0.1) is 24.0 Å². The Bertz CT molecular complexity index is 730. The molecule has 9 heteroatoms. The summed E-state index contributed by atoms with van der Waals surface area (Å²) in [5.41, 5.74) is 0.835. The number of halogens is 1. The molecule has 1 saturated heterocycles. The summed E-state index contributed by atoms with van der Waals surface area (Å²) in [5.74, 6) is 1.49. The van der Waals surface area contributed by atoms with E-state index in [0.29, 0.717) is 24.8 Å². The number of aliphatic imine (C=N–C) groups is 1. The molecule has 0 aromatic carbocycles. The number of hydrogen-bond acceptors (Lipinski definition) is 4. The van der Waals surface area contributed by atoms with Crippen molar-refractivity contribution < 1.29 is 14.0 Å². The van der Waals surface area contributed by atoms with Gasteiger partial charge in [-0.25, -0.2) is 0 Å². The van der Waals surface area contributed by atoms with E-state index < -0.39 is 0 Å². The maximum absolute atomic E-state index is 12.6. The number of carbonyl (C=O) groups excluding carboxylic acids is 2. The molecule has 1 aromatic heterocycles. The van der Waals surface area contributed by atoms with Crippen molar-refractivity contribution in [1.29, 1.82) is 0 Å². The number of likely N-dealkylation sites (tertiary alicyclic amines) is 1. The minimum Gasteiger partial charge on any atom is -0.459 e. The fraction of sp³-hybridized carbons (Fsp3) is 0.667. The van der Waals surface area contributed by atoms with Crippen molar-refractivity contribution in [3.05, 3.63) is 23.7 Å².